The van der Waals surface area contributed by atoms with Crippen LogP contribution in [0.4, 0.5) is 0 Å². The number of aryl methyl sites for hydroxylation is 3. The molecule has 446 valence electrons. The summed E-state index contributed by atoms with van der Waals surface area (Å²) in [6.07, 6.45) is 15.8. The van der Waals surface area contributed by atoms with Crippen LogP contribution in [0.5, 0.6) is 0 Å². The minimum atomic E-state index is -3.28. The highest BCUT2D eigenvalue weighted by atomic mass is 32.2. The van der Waals surface area contributed by atoms with E-state index in [-0.39, 0.29) is 82.8 Å². The summed E-state index contributed by atoms with van der Waals surface area (Å²) in [5.74, 6) is 1.47. The van der Waals surface area contributed by atoms with Gasteiger partial charge in [0.15, 0.2) is 33.5 Å². The zero-order valence-corrected chi connectivity index (χ0v) is 50.7. The predicted octanol–water partition coefficient (Wildman–Crippen LogP) is 5.70. The Morgan fingerprint density at radius 1 is 0.525 bits per heavy atom. The van der Waals surface area contributed by atoms with Crippen molar-refractivity contribution < 1.29 is 26.8 Å². The normalized spacial score (nSPS) is 23.5. The van der Waals surface area contributed by atoms with E-state index in [1.54, 1.807) is 44.7 Å². The van der Waals surface area contributed by atoms with Gasteiger partial charge in [-0.05, 0) is 159 Å². The number of ether oxygens (including phenoxy) is 3. The van der Waals surface area contributed by atoms with Gasteiger partial charge in [-0.3, -0.25) is 46.4 Å². The number of aromatic nitrogens is 12. The monoisotopic (exact) mass is 1140 g/mol. The van der Waals surface area contributed by atoms with Gasteiger partial charge in [0.1, 0.15) is 0 Å². The largest absolute Gasteiger partial charge is 0.376 e. The van der Waals surface area contributed by atoms with E-state index in [4.69, 9.17) is 18.4 Å². The van der Waals surface area contributed by atoms with Crippen LogP contribution in [0, 0.1) is 17.8 Å². The number of fused-ring (bicyclic) bond motifs is 3. The van der Waals surface area contributed by atoms with Gasteiger partial charge in [-0.2, -0.15) is 8.42 Å². The highest BCUT2D eigenvalue weighted by Gasteiger charge is 2.28. The second-order valence-corrected chi connectivity index (χ2v) is 25.0. The average Bonchev–Trinajstić information content (AvgIpc) is 4.34. The SMILES string of the molecule is CC(C)n1cnc2c1c(=O)[nH]c(=O)n2C.CC(C)n1cnc2c1c(=O)n(CCC1C[C@@H](C)O[C@H](C)C1)c(=O)n2C.CC(C)n1cnc2c1c(=O)n(CCC1C[C@@H](C)O[C@H](C)C1)c(=O)n2C.C[C@@H]1CC(CCOS(C)(=O)=O)C[C@@H](C)O1. The third-order valence-electron chi connectivity index (χ3n) is 15.3. The van der Waals surface area contributed by atoms with E-state index in [2.05, 4.69) is 61.5 Å². The molecule has 1 N–H and O–H groups in total. The van der Waals surface area contributed by atoms with Crippen molar-refractivity contribution in [2.24, 2.45) is 38.9 Å². The summed E-state index contributed by atoms with van der Waals surface area (Å²) >= 11 is 0. The highest BCUT2D eigenvalue weighted by molar-refractivity contribution is 7.85. The first-order chi connectivity index (χ1) is 37.5. The second-order valence-electron chi connectivity index (χ2n) is 23.3. The molecule has 0 spiro atoms. The molecular weight excluding hydrogens is 1050 g/mol. The van der Waals surface area contributed by atoms with E-state index in [1.165, 1.54) is 22.8 Å². The van der Waals surface area contributed by atoms with Crippen molar-refractivity contribution in [2.75, 3.05) is 12.9 Å². The molecule has 0 bridgehead atoms. The Morgan fingerprint density at radius 2 is 0.838 bits per heavy atom. The molecule has 0 radical (unpaired) electrons. The lowest BCUT2D eigenvalue weighted by Gasteiger charge is -2.32. The molecule has 24 nitrogen and oxygen atoms in total. The summed E-state index contributed by atoms with van der Waals surface area (Å²) in [6.45, 7) is 25.5. The van der Waals surface area contributed by atoms with Crippen LogP contribution in [0.1, 0.15) is 159 Å². The molecule has 0 saturated carbocycles. The van der Waals surface area contributed by atoms with E-state index in [0.29, 0.717) is 70.9 Å². The summed E-state index contributed by atoms with van der Waals surface area (Å²) in [4.78, 5) is 88.9. The maximum Gasteiger partial charge on any atom is 0.332 e. The molecule has 25 heteroatoms. The van der Waals surface area contributed by atoms with Crippen LogP contribution in [0.3, 0.4) is 0 Å². The Hall–Kier alpha value is -5.76. The Bertz CT molecular complexity index is 3380. The molecule has 3 saturated heterocycles. The molecule has 80 heavy (non-hydrogen) atoms. The third kappa shape index (κ3) is 15.4. The van der Waals surface area contributed by atoms with Gasteiger partial charge in [-0.25, -0.2) is 29.3 Å². The molecule has 3 aliphatic heterocycles. The Kier molecular flexibility index (Phi) is 21.3. The van der Waals surface area contributed by atoms with E-state index >= 15 is 0 Å². The molecule has 9 rings (SSSR count). The molecule has 6 atom stereocenters. The van der Waals surface area contributed by atoms with Crippen LogP contribution in [-0.4, -0.2) is 114 Å². The molecule has 9 heterocycles. The highest BCUT2D eigenvalue weighted by Crippen LogP contribution is 2.30. The smallest absolute Gasteiger partial charge is 0.332 e. The number of aromatic amines is 1. The third-order valence-corrected chi connectivity index (χ3v) is 15.9. The fourth-order valence-corrected chi connectivity index (χ4v) is 12.0. The first kappa shape index (κ1) is 63.4. The molecular formula is C55H88N12O12S. The van der Waals surface area contributed by atoms with Crippen LogP contribution in [0.15, 0.2) is 47.7 Å². The van der Waals surface area contributed by atoms with Gasteiger partial charge in [0.05, 0.1) is 68.5 Å². The fraction of sp³-hybridized carbons (Fsp3) is 0.727. The minimum Gasteiger partial charge on any atom is -0.376 e. The number of H-pyrrole nitrogens is 1. The Labute approximate surface area is 467 Å². The summed E-state index contributed by atoms with van der Waals surface area (Å²) < 4.78 is 55.8. The summed E-state index contributed by atoms with van der Waals surface area (Å²) in [7, 11) is 1.65. The van der Waals surface area contributed by atoms with Gasteiger partial charge in [-0.15, -0.1) is 0 Å². The average molecular weight is 1140 g/mol. The summed E-state index contributed by atoms with van der Waals surface area (Å²) in [5.41, 5.74) is 0.873. The van der Waals surface area contributed by atoms with Crippen LogP contribution >= 0.6 is 0 Å². The van der Waals surface area contributed by atoms with E-state index < -0.39 is 15.8 Å². The van der Waals surface area contributed by atoms with Crippen LogP contribution in [-0.2, 0) is 62.7 Å². The first-order valence-electron chi connectivity index (χ1n) is 28.3. The molecule has 0 amide bonds. The van der Waals surface area contributed by atoms with Crippen molar-refractivity contribution in [1.82, 2.24) is 56.5 Å². The van der Waals surface area contributed by atoms with Gasteiger partial charge >= 0.3 is 17.1 Å². The van der Waals surface area contributed by atoms with Crippen LogP contribution < -0.4 is 33.7 Å². The van der Waals surface area contributed by atoms with Crippen molar-refractivity contribution in [1.29, 1.82) is 0 Å². The van der Waals surface area contributed by atoms with Gasteiger partial charge in [0.25, 0.3) is 26.8 Å². The van der Waals surface area contributed by atoms with Crippen molar-refractivity contribution in [2.45, 2.75) is 209 Å². The fourth-order valence-electron chi connectivity index (χ4n) is 11.6. The predicted molar refractivity (Wildman–Crippen MR) is 308 cm³/mol. The number of hydrogen-bond acceptors (Lipinski definition) is 15. The molecule has 3 fully saturated rings. The zero-order chi connectivity index (χ0) is 59.2. The molecule has 0 aliphatic carbocycles. The van der Waals surface area contributed by atoms with Crippen molar-refractivity contribution in [3.8, 4) is 0 Å². The quantitative estimate of drug-likeness (QED) is 0.136. The number of nitrogens with zero attached hydrogens (tertiary/aromatic N) is 11. The molecule has 6 aromatic heterocycles. The topological polar surface area (TPSA) is 267 Å². The van der Waals surface area contributed by atoms with E-state index in [1.807, 2.05) is 50.7 Å². The zero-order valence-electron chi connectivity index (χ0n) is 49.9. The standard InChI is InChI=1S/2C18H28N4O3.C10H20O4S.C9H12N4O2/c2*1-11(2)22-10-19-16-15(22)17(23)21(18(24)20(16)5)7-6-14-8-12(3)25-13(4)9-14;1-8-6-10(7-9(2)14-8)4-5-13-15(3,11)12;1-5(2)13-4-10-7-6(13)8(14)11-9(15)12(7)3/h2*10-14H,6-9H2,1-5H3;8-10H,4-7H2,1-3H3;4-5H,1-3H3,(H,11,14,15)/t2*12-,13-;8-,9-;/m111./s1. The van der Waals surface area contributed by atoms with E-state index in [0.717, 1.165) is 64.0 Å². The van der Waals surface area contributed by atoms with Crippen molar-refractivity contribution in [3.05, 3.63) is 81.5 Å². The lowest BCUT2D eigenvalue weighted by Crippen LogP contribution is -2.40. The molecule has 6 aromatic rings. The molecule has 0 aromatic carbocycles. The van der Waals surface area contributed by atoms with Gasteiger partial charge < -0.3 is 27.9 Å². The van der Waals surface area contributed by atoms with Gasteiger partial charge in [-0.1, -0.05) is 0 Å². The summed E-state index contributed by atoms with van der Waals surface area (Å²) in [6, 6.07) is 0.357. The first-order valence-corrected chi connectivity index (χ1v) is 30.1. The van der Waals surface area contributed by atoms with Crippen LogP contribution in [0.2, 0.25) is 0 Å². The number of nitrogens with one attached hydrogen (secondary N) is 1. The maximum absolute atomic E-state index is 13.0. The Balaban J connectivity index is 0.000000177. The van der Waals surface area contributed by atoms with Crippen molar-refractivity contribution >= 4 is 43.6 Å². The second kappa shape index (κ2) is 26.9. The minimum absolute atomic E-state index is 0.112. The van der Waals surface area contributed by atoms with E-state index in [9.17, 15) is 37.2 Å². The lowest BCUT2D eigenvalue weighted by atomic mass is 9.90. The number of imidazole rings is 3. The molecule has 0 unspecified atom stereocenters. The Morgan fingerprint density at radius 3 is 1.16 bits per heavy atom. The maximum atomic E-state index is 13.0. The van der Waals surface area contributed by atoms with Crippen LogP contribution in [0.25, 0.3) is 33.5 Å². The van der Waals surface area contributed by atoms with Crippen molar-refractivity contribution in [3.63, 3.8) is 0 Å². The van der Waals surface area contributed by atoms with Gasteiger partial charge in [0.2, 0.25) is 0 Å². The van der Waals surface area contributed by atoms with Gasteiger partial charge in [0, 0.05) is 52.4 Å². The summed E-state index contributed by atoms with van der Waals surface area (Å²) in [5, 5.41) is 0. The number of rotatable bonds is 13. The number of hydrogen-bond donors (Lipinski definition) is 1. The molecule has 3 aliphatic rings. The lowest BCUT2D eigenvalue weighted by molar-refractivity contribution is -0.0550.